The first-order chi connectivity index (χ1) is 7.72. The maximum Gasteiger partial charge on any atom is 0.124 e. The molecule has 4 heteroatoms. The van der Waals surface area contributed by atoms with E-state index in [0.717, 1.165) is 24.5 Å². The molecule has 1 aliphatic rings. The first kappa shape index (κ1) is 12.0. The van der Waals surface area contributed by atoms with Crippen molar-refractivity contribution in [1.29, 1.82) is 0 Å². The smallest absolute Gasteiger partial charge is 0.124 e. The van der Waals surface area contributed by atoms with Gasteiger partial charge in [0.05, 0.1) is 11.7 Å². The number of nitrogens with zero attached hydrogens (tertiary/aromatic N) is 1. The van der Waals surface area contributed by atoms with Gasteiger partial charge in [-0.1, -0.05) is 20.8 Å². The molecular formula is C12H21N3S. The van der Waals surface area contributed by atoms with Gasteiger partial charge in [-0.2, -0.15) is 11.8 Å². The average Bonchev–Trinajstić information content (AvgIpc) is 2.74. The number of hydrogen-bond donors (Lipinski definition) is 2. The second kappa shape index (κ2) is 5.23. The molecule has 3 nitrogen and oxygen atoms in total. The number of aromatic nitrogens is 2. The van der Waals surface area contributed by atoms with Crippen LogP contribution in [0.5, 0.6) is 0 Å². The molecule has 0 aromatic carbocycles. The van der Waals surface area contributed by atoms with E-state index < -0.39 is 0 Å². The molecule has 2 heterocycles. The number of H-pyrrole nitrogens is 1. The highest BCUT2D eigenvalue weighted by molar-refractivity contribution is 7.99. The van der Waals surface area contributed by atoms with Crippen LogP contribution in [0.2, 0.25) is 0 Å². The molecule has 0 radical (unpaired) electrons. The molecule has 2 rings (SSSR count). The Morgan fingerprint density at radius 2 is 2.31 bits per heavy atom. The Labute approximate surface area is 102 Å². The highest BCUT2D eigenvalue weighted by Crippen LogP contribution is 2.24. The zero-order valence-electron chi connectivity index (χ0n) is 10.3. The zero-order chi connectivity index (χ0) is 11.5. The van der Waals surface area contributed by atoms with Crippen molar-refractivity contribution in [3.63, 3.8) is 0 Å². The van der Waals surface area contributed by atoms with Crippen molar-refractivity contribution in [3.05, 3.63) is 17.2 Å². The van der Waals surface area contributed by atoms with Crippen molar-refractivity contribution in [2.24, 2.45) is 0 Å². The van der Waals surface area contributed by atoms with Gasteiger partial charge in [-0.05, 0) is 12.3 Å². The van der Waals surface area contributed by atoms with Crippen LogP contribution in [0.25, 0.3) is 0 Å². The molecule has 1 aromatic heterocycles. The van der Waals surface area contributed by atoms with Gasteiger partial charge in [-0.15, -0.1) is 0 Å². The molecule has 1 atom stereocenters. The maximum atomic E-state index is 4.77. The van der Waals surface area contributed by atoms with Crippen LogP contribution in [-0.2, 0) is 6.42 Å². The molecule has 0 saturated carbocycles. The minimum absolute atomic E-state index is 0.413. The Morgan fingerprint density at radius 1 is 1.50 bits per heavy atom. The summed E-state index contributed by atoms with van der Waals surface area (Å²) in [7, 11) is 0. The molecule has 1 fully saturated rings. The number of imidazole rings is 1. The van der Waals surface area contributed by atoms with Crippen LogP contribution in [0.15, 0.2) is 0 Å². The lowest BCUT2D eigenvalue weighted by molar-refractivity contribution is 0.567. The predicted octanol–water partition coefficient (Wildman–Crippen LogP) is 2.47. The summed E-state index contributed by atoms with van der Waals surface area (Å²) in [5.74, 6) is 3.99. The van der Waals surface area contributed by atoms with E-state index in [1.54, 1.807) is 0 Å². The average molecular weight is 239 g/mol. The third kappa shape index (κ3) is 2.43. The molecular weight excluding hydrogens is 218 g/mol. The summed E-state index contributed by atoms with van der Waals surface area (Å²) >= 11 is 2.01. The van der Waals surface area contributed by atoms with E-state index in [4.69, 9.17) is 4.98 Å². The largest absolute Gasteiger partial charge is 0.344 e. The fourth-order valence-electron chi connectivity index (χ4n) is 2.10. The molecule has 16 heavy (non-hydrogen) atoms. The summed E-state index contributed by atoms with van der Waals surface area (Å²) < 4.78 is 0. The summed E-state index contributed by atoms with van der Waals surface area (Å²) in [5, 5.41) is 3.52. The zero-order valence-corrected chi connectivity index (χ0v) is 11.2. The van der Waals surface area contributed by atoms with Gasteiger partial charge in [0.25, 0.3) is 0 Å². The van der Waals surface area contributed by atoms with Crippen molar-refractivity contribution < 1.29 is 0 Å². The normalized spacial score (nSPS) is 21.6. The third-order valence-electron chi connectivity index (χ3n) is 2.98. The quantitative estimate of drug-likeness (QED) is 0.851. The van der Waals surface area contributed by atoms with Gasteiger partial charge in [0.1, 0.15) is 5.82 Å². The molecule has 0 bridgehead atoms. The van der Waals surface area contributed by atoms with Crippen LogP contribution in [0.4, 0.5) is 0 Å². The van der Waals surface area contributed by atoms with E-state index >= 15 is 0 Å². The van der Waals surface area contributed by atoms with Crippen LogP contribution >= 0.6 is 11.8 Å². The molecule has 90 valence electrons. The number of nitrogens with one attached hydrogen (secondary N) is 2. The summed E-state index contributed by atoms with van der Waals surface area (Å²) in [6, 6.07) is 0.413. The van der Waals surface area contributed by atoms with Gasteiger partial charge in [-0.25, -0.2) is 4.98 Å². The van der Waals surface area contributed by atoms with Crippen molar-refractivity contribution in [2.45, 2.75) is 39.2 Å². The number of aryl methyl sites for hydroxylation is 1. The first-order valence-corrected chi connectivity index (χ1v) is 7.27. The lowest BCUT2D eigenvalue weighted by atomic mass is 10.1. The summed E-state index contributed by atoms with van der Waals surface area (Å²) in [5.41, 5.74) is 2.55. The third-order valence-corrected chi connectivity index (χ3v) is 4.04. The van der Waals surface area contributed by atoms with Gasteiger partial charge >= 0.3 is 0 Å². The van der Waals surface area contributed by atoms with E-state index in [1.165, 1.54) is 17.1 Å². The predicted molar refractivity (Wildman–Crippen MR) is 70.1 cm³/mol. The van der Waals surface area contributed by atoms with Crippen molar-refractivity contribution >= 4 is 11.8 Å². The minimum atomic E-state index is 0.413. The van der Waals surface area contributed by atoms with Gasteiger partial charge in [0, 0.05) is 23.7 Å². The SMILES string of the molecule is CCc1[nH]c(C2CSCCN2)nc1C(C)C. The second-order valence-corrected chi connectivity index (χ2v) is 5.73. The Balaban J connectivity index is 2.20. The molecule has 2 N–H and O–H groups in total. The monoisotopic (exact) mass is 239 g/mol. The Morgan fingerprint density at radius 3 is 2.81 bits per heavy atom. The van der Waals surface area contributed by atoms with E-state index in [9.17, 15) is 0 Å². The number of thioether (sulfide) groups is 1. The summed E-state index contributed by atoms with van der Waals surface area (Å²) in [6.07, 6.45) is 1.04. The topological polar surface area (TPSA) is 40.7 Å². The Hall–Kier alpha value is -0.480. The highest BCUT2D eigenvalue weighted by Gasteiger charge is 2.20. The van der Waals surface area contributed by atoms with Crippen LogP contribution in [0, 0.1) is 0 Å². The molecule has 1 aromatic rings. The van der Waals surface area contributed by atoms with E-state index in [0.29, 0.717) is 12.0 Å². The van der Waals surface area contributed by atoms with Gasteiger partial charge < -0.3 is 10.3 Å². The molecule has 0 spiro atoms. The fourth-order valence-corrected chi connectivity index (χ4v) is 3.04. The number of aromatic amines is 1. The van der Waals surface area contributed by atoms with Crippen LogP contribution < -0.4 is 5.32 Å². The van der Waals surface area contributed by atoms with Crippen molar-refractivity contribution in [3.8, 4) is 0 Å². The van der Waals surface area contributed by atoms with E-state index in [1.807, 2.05) is 11.8 Å². The molecule has 0 amide bonds. The van der Waals surface area contributed by atoms with Gasteiger partial charge in [0.15, 0.2) is 0 Å². The lowest BCUT2D eigenvalue weighted by Crippen LogP contribution is -2.31. The van der Waals surface area contributed by atoms with Crippen LogP contribution in [0.3, 0.4) is 0 Å². The molecule has 1 unspecified atom stereocenters. The first-order valence-electron chi connectivity index (χ1n) is 6.12. The lowest BCUT2D eigenvalue weighted by Gasteiger charge is -2.21. The Kier molecular flexibility index (Phi) is 3.92. The minimum Gasteiger partial charge on any atom is -0.344 e. The summed E-state index contributed by atoms with van der Waals surface area (Å²) in [6.45, 7) is 7.70. The Bertz CT molecular complexity index is 340. The molecule has 0 aliphatic carbocycles. The van der Waals surface area contributed by atoms with Gasteiger partial charge in [-0.3, -0.25) is 0 Å². The molecule has 1 aliphatic heterocycles. The fraction of sp³-hybridized carbons (Fsp3) is 0.750. The standard InChI is InChI=1S/C12H21N3S/c1-4-9-11(8(2)3)15-12(14-9)10-7-16-6-5-13-10/h8,10,13H,4-7H2,1-3H3,(H,14,15). The maximum absolute atomic E-state index is 4.77. The highest BCUT2D eigenvalue weighted by atomic mass is 32.2. The number of hydrogen-bond acceptors (Lipinski definition) is 3. The van der Waals surface area contributed by atoms with Crippen molar-refractivity contribution in [2.75, 3.05) is 18.1 Å². The number of rotatable bonds is 3. The van der Waals surface area contributed by atoms with Gasteiger partial charge in [0.2, 0.25) is 0 Å². The van der Waals surface area contributed by atoms with Crippen LogP contribution in [-0.4, -0.2) is 28.0 Å². The van der Waals surface area contributed by atoms with E-state index in [2.05, 4.69) is 31.1 Å². The second-order valence-electron chi connectivity index (χ2n) is 4.58. The summed E-state index contributed by atoms with van der Waals surface area (Å²) in [4.78, 5) is 8.27. The van der Waals surface area contributed by atoms with E-state index in [-0.39, 0.29) is 0 Å². The molecule has 1 saturated heterocycles. The van der Waals surface area contributed by atoms with Crippen LogP contribution in [0.1, 0.15) is 49.9 Å². The van der Waals surface area contributed by atoms with Crippen molar-refractivity contribution in [1.82, 2.24) is 15.3 Å².